The van der Waals surface area contributed by atoms with Crippen LogP contribution in [0, 0.1) is 6.92 Å². The zero-order valence-electron chi connectivity index (χ0n) is 16.7. The molecule has 1 atom stereocenters. The maximum atomic E-state index is 12.6. The average Bonchev–Trinajstić information content (AvgIpc) is 3.42. The molecule has 154 valence electrons. The van der Waals surface area contributed by atoms with E-state index in [2.05, 4.69) is 20.8 Å². The fourth-order valence-electron chi connectivity index (χ4n) is 4.01. The molecule has 4 rings (SSSR count). The first-order valence-electron chi connectivity index (χ1n) is 10.4. The lowest BCUT2D eigenvalue weighted by Gasteiger charge is -2.32. The normalized spacial score (nSPS) is 19.9. The first-order chi connectivity index (χ1) is 14.1. The molecule has 2 heterocycles. The molecule has 1 saturated carbocycles. The van der Waals surface area contributed by atoms with Gasteiger partial charge in [-0.3, -0.25) is 4.79 Å². The Bertz CT molecular complexity index is 860. The molecule has 1 aromatic heterocycles. The summed E-state index contributed by atoms with van der Waals surface area (Å²) in [5.74, 6) is -0.110. The number of piperidine rings is 1. The van der Waals surface area contributed by atoms with Crippen LogP contribution in [-0.4, -0.2) is 46.2 Å². The molecule has 1 aliphatic carbocycles. The van der Waals surface area contributed by atoms with Gasteiger partial charge in [-0.1, -0.05) is 41.9 Å². The number of nitrogens with zero attached hydrogens (tertiary/aromatic N) is 3. The zero-order valence-corrected chi connectivity index (χ0v) is 17.5. The van der Waals surface area contributed by atoms with E-state index in [1.165, 1.54) is 24.2 Å². The van der Waals surface area contributed by atoms with Gasteiger partial charge >= 0.3 is 6.03 Å². The molecule has 2 aliphatic rings. The highest BCUT2D eigenvalue weighted by molar-refractivity contribution is 7.13. The van der Waals surface area contributed by atoms with Gasteiger partial charge in [0.1, 0.15) is 5.01 Å². The zero-order chi connectivity index (χ0) is 20.2. The lowest BCUT2D eigenvalue weighted by molar-refractivity contribution is 0.102. The van der Waals surface area contributed by atoms with Crippen LogP contribution < -0.4 is 10.6 Å². The maximum absolute atomic E-state index is 12.6. The molecule has 0 bridgehead atoms. The van der Waals surface area contributed by atoms with Crippen LogP contribution in [0.1, 0.15) is 64.8 Å². The molecule has 0 unspecified atom stereocenters. The van der Waals surface area contributed by atoms with Gasteiger partial charge < -0.3 is 15.5 Å². The first kappa shape index (κ1) is 19.8. The predicted octanol–water partition coefficient (Wildman–Crippen LogP) is 3.93. The second kappa shape index (κ2) is 8.90. The number of amides is 3. The van der Waals surface area contributed by atoms with Gasteiger partial charge in [-0.05, 0) is 44.7 Å². The number of hydrogen-bond donors (Lipinski definition) is 2. The summed E-state index contributed by atoms with van der Waals surface area (Å²) in [5.41, 5.74) is 1.88. The van der Waals surface area contributed by atoms with Gasteiger partial charge in [0, 0.05) is 30.7 Å². The van der Waals surface area contributed by atoms with Gasteiger partial charge in [-0.2, -0.15) is 0 Å². The van der Waals surface area contributed by atoms with Crippen molar-refractivity contribution in [2.75, 3.05) is 18.4 Å². The summed E-state index contributed by atoms with van der Waals surface area (Å²) in [5, 5.41) is 15.6. The van der Waals surface area contributed by atoms with Crippen molar-refractivity contribution >= 4 is 29.0 Å². The molecule has 2 fully saturated rings. The van der Waals surface area contributed by atoms with Crippen molar-refractivity contribution in [3.63, 3.8) is 0 Å². The molecule has 8 heteroatoms. The molecule has 0 spiro atoms. The van der Waals surface area contributed by atoms with Gasteiger partial charge in [0.25, 0.3) is 5.91 Å². The maximum Gasteiger partial charge on any atom is 0.317 e. The van der Waals surface area contributed by atoms with Crippen molar-refractivity contribution in [3.8, 4) is 0 Å². The average molecular weight is 414 g/mol. The Morgan fingerprint density at radius 3 is 2.59 bits per heavy atom. The number of carbonyl (C=O) groups is 2. The number of rotatable bonds is 4. The Morgan fingerprint density at radius 2 is 1.83 bits per heavy atom. The highest BCUT2D eigenvalue weighted by Crippen LogP contribution is 2.29. The lowest BCUT2D eigenvalue weighted by Crippen LogP contribution is -2.47. The van der Waals surface area contributed by atoms with Gasteiger partial charge in [-0.15, -0.1) is 10.2 Å². The van der Waals surface area contributed by atoms with Gasteiger partial charge in [-0.25, -0.2) is 4.79 Å². The van der Waals surface area contributed by atoms with E-state index >= 15 is 0 Å². The van der Waals surface area contributed by atoms with Crippen molar-refractivity contribution in [2.45, 2.75) is 57.4 Å². The lowest BCUT2D eigenvalue weighted by atomic mass is 9.99. The summed E-state index contributed by atoms with van der Waals surface area (Å²) in [6, 6.07) is 8.00. The third kappa shape index (κ3) is 4.93. The van der Waals surface area contributed by atoms with E-state index in [0.29, 0.717) is 17.6 Å². The number of carbonyl (C=O) groups excluding carboxylic acids is 2. The van der Waals surface area contributed by atoms with Crippen molar-refractivity contribution in [3.05, 3.63) is 39.8 Å². The Hall–Kier alpha value is -2.48. The summed E-state index contributed by atoms with van der Waals surface area (Å²) in [6.07, 6.45) is 6.46. The van der Waals surface area contributed by atoms with Crippen LogP contribution >= 0.6 is 11.3 Å². The Balaban J connectivity index is 1.36. The van der Waals surface area contributed by atoms with E-state index in [9.17, 15) is 9.59 Å². The smallest absolute Gasteiger partial charge is 0.317 e. The van der Waals surface area contributed by atoms with Gasteiger partial charge in [0.2, 0.25) is 5.01 Å². The number of aromatic nitrogens is 2. The molecule has 7 nitrogen and oxygen atoms in total. The number of benzene rings is 1. The second-order valence-corrected chi connectivity index (χ2v) is 8.99. The molecule has 2 N–H and O–H groups in total. The summed E-state index contributed by atoms with van der Waals surface area (Å²) in [6.45, 7) is 3.41. The highest BCUT2D eigenvalue weighted by Gasteiger charge is 2.29. The number of urea groups is 1. The van der Waals surface area contributed by atoms with Crippen LogP contribution in [-0.2, 0) is 0 Å². The topological polar surface area (TPSA) is 87.2 Å². The summed E-state index contributed by atoms with van der Waals surface area (Å²) >= 11 is 1.32. The van der Waals surface area contributed by atoms with E-state index in [1.54, 1.807) is 0 Å². The standard InChI is InChI=1S/C21H27N5O2S/c1-14-8-10-17(11-9-14)22-18(27)20-25-24-19(29-20)15-5-4-12-26(13-15)21(28)23-16-6-2-3-7-16/h8-11,15-16H,2-7,12-13H2,1H3,(H,22,27)(H,23,28)/t15-/m1/s1. The minimum Gasteiger partial charge on any atom is -0.335 e. The molecule has 2 aromatic rings. The van der Waals surface area contributed by atoms with Crippen molar-refractivity contribution in [1.82, 2.24) is 20.4 Å². The molecule has 1 saturated heterocycles. The van der Waals surface area contributed by atoms with Crippen LogP contribution in [0.15, 0.2) is 24.3 Å². The third-order valence-electron chi connectivity index (χ3n) is 5.68. The molecule has 29 heavy (non-hydrogen) atoms. The quantitative estimate of drug-likeness (QED) is 0.795. The Kier molecular flexibility index (Phi) is 6.08. The van der Waals surface area contributed by atoms with Crippen LogP contribution in [0.5, 0.6) is 0 Å². The SMILES string of the molecule is Cc1ccc(NC(=O)c2nnc([C@@H]3CCCN(C(=O)NC4CCCC4)C3)s2)cc1. The summed E-state index contributed by atoms with van der Waals surface area (Å²) in [4.78, 5) is 27.0. The number of anilines is 1. The van der Waals surface area contributed by atoms with Crippen LogP contribution in [0.4, 0.5) is 10.5 Å². The van der Waals surface area contributed by atoms with Crippen molar-refractivity contribution in [2.24, 2.45) is 0 Å². The molecular weight excluding hydrogens is 386 g/mol. The number of nitrogens with one attached hydrogen (secondary N) is 2. The Labute approximate surface area is 174 Å². The highest BCUT2D eigenvalue weighted by atomic mass is 32.1. The molecule has 1 aliphatic heterocycles. The number of likely N-dealkylation sites (tertiary alicyclic amines) is 1. The van der Waals surface area contributed by atoms with Crippen molar-refractivity contribution in [1.29, 1.82) is 0 Å². The predicted molar refractivity (Wildman–Crippen MR) is 113 cm³/mol. The third-order valence-corrected chi connectivity index (χ3v) is 6.77. The van der Waals surface area contributed by atoms with E-state index < -0.39 is 0 Å². The minimum atomic E-state index is -0.246. The fourth-order valence-corrected chi connectivity index (χ4v) is 4.88. The first-order valence-corrected chi connectivity index (χ1v) is 11.2. The van der Waals surface area contributed by atoms with Gasteiger partial charge in [0.15, 0.2) is 0 Å². The molecule has 1 aromatic carbocycles. The number of hydrogen-bond acceptors (Lipinski definition) is 5. The summed E-state index contributed by atoms with van der Waals surface area (Å²) < 4.78 is 0. The van der Waals surface area contributed by atoms with E-state index in [4.69, 9.17) is 0 Å². The molecular formula is C21H27N5O2S. The van der Waals surface area contributed by atoms with Crippen LogP contribution in [0.2, 0.25) is 0 Å². The monoisotopic (exact) mass is 413 g/mol. The van der Waals surface area contributed by atoms with Gasteiger partial charge in [0.05, 0.1) is 0 Å². The fraction of sp³-hybridized carbons (Fsp3) is 0.524. The number of aryl methyl sites for hydroxylation is 1. The van der Waals surface area contributed by atoms with E-state index in [1.807, 2.05) is 36.1 Å². The van der Waals surface area contributed by atoms with E-state index in [-0.39, 0.29) is 17.9 Å². The van der Waals surface area contributed by atoms with Crippen LogP contribution in [0.25, 0.3) is 0 Å². The Morgan fingerprint density at radius 1 is 1.07 bits per heavy atom. The second-order valence-electron chi connectivity index (χ2n) is 7.98. The largest absolute Gasteiger partial charge is 0.335 e. The molecule has 0 radical (unpaired) electrons. The molecule has 3 amide bonds. The van der Waals surface area contributed by atoms with Crippen molar-refractivity contribution < 1.29 is 9.59 Å². The minimum absolute atomic E-state index is 0.0310. The van der Waals surface area contributed by atoms with E-state index in [0.717, 1.165) is 48.5 Å². The summed E-state index contributed by atoms with van der Waals surface area (Å²) in [7, 11) is 0. The van der Waals surface area contributed by atoms with Crippen LogP contribution in [0.3, 0.4) is 0 Å².